The summed E-state index contributed by atoms with van der Waals surface area (Å²) in [6.07, 6.45) is 0. The second kappa shape index (κ2) is 7.36. The normalized spacial score (nSPS) is 11.1. The molecule has 1 aromatic carbocycles. The van der Waals surface area contributed by atoms with Crippen molar-refractivity contribution in [3.8, 4) is 5.69 Å². The largest absolute Gasteiger partial charge is 0.481 e. The van der Waals surface area contributed by atoms with Gasteiger partial charge in [-0.15, -0.1) is 0 Å². The summed E-state index contributed by atoms with van der Waals surface area (Å²) in [6.45, 7) is 4.15. The molecule has 10 nitrogen and oxygen atoms in total. The van der Waals surface area contributed by atoms with Crippen molar-refractivity contribution in [3.63, 3.8) is 0 Å². The maximum Gasteiger partial charge on any atom is 0.310 e. The van der Waals surface area contributed by atoms with Crippen molar-refractivity contribution in [1.29, 1.82) is 0 Å². The molecule has 0 fully saturated rings. The van der Waals surface area contributed by atoms with Gasteiger partial charge in [-0.1, -0.05) is 12.1 Å². The van der Waals surface area contributed by atoms with Crippen LogP contribution < -0.4 is 10.7 Å². The van der Waals surface area contributed by atoms with Crippen molar-refractivity contribution >= 4 is 17.6 Å². The van der Waals surface area contributed by atoms with E-state index in [4.69, 9.17) is 5.11 Å². The van der Waals surface area contributed by atoms with Crippen molar-refractivity contribution in [2.75, 3.05) is 6.54 Å². The van der Waals surface area contributed by atoms with Gasteiger partial charge >= 0.3 is 5.97 Å². The number of hydrogen-bond donors (Lipinski definition) is 2. The Balaban J connectivity index is 2.46. The molecular formula is C17H18N4O6. The molecule has 0 aliphatic rings. The Morgan fingerprint density at radius 1 is 1.33 bits per heavy atom. The van der Waals surface area contributed by atoms with Gasteiger partial charge in [0.25, 0.3) is 11.6 Å². The molecule has 0 aliphatic heterocycles. The summed E-state index contributed by atoms with van der Waals surface area (Å²) < 4.78 is 1.14. The van der Waals surface area contributed by atoms with Crippen LogP contribution in [0.3, 0.4) is 0 Å². The third kappa shape index (κ3) is 4.17. The molecule has 27 heavy (non-hydrogen) atoms. The number of nitro benzene ring substituents is 1. The average Bonchev–Trinajstić information content (AvgIpc) is 2.59. The Hall–Kier alpha value is -3.56. The number of carbonyl (C=O) groups excluding carboxylic acids is 1. The molecule has 2 N–H and O–H groups in total. The van der Waals surface area contributed by atoms with Crippen molar-refractivity contribution in [1.82, 2.24) is 15.1 Å². The quantitative estimate of drug-likeness (QED) is 0.572. The van der Waals surface area contributed by atoms with Crippen LogP contribution in [0.15, 0.2) is 35.1 Å². The van der Waals surface area contributed by atoms with Gasteiger partial charge in [-0.25, -0.2) is 4.68 Å². The molecule has 10 heteroatoms. The maximum atomic E-state index is 12.3. The zero-order valence-electron chi connectivity index (χ0n) is 14.9. The first-order chi connectivity index (χ1) is 12.5. The molecule has 0 saturated carbocycles. The van der Waals surface area contributed by atoms with Gasteiger partial charge in [-0.3, -0.25) is 24.5 Å². The molecule has 0 aliphatic carbocycles. The van der Waals surface area contributed by atoms with Gasteiger partial charge in [0.15, 0.2) is 5.69 Å². The number of amides is 1. The maximum absolute atomic E-state index is 12.3. The highest BCUT2D eigenvalue weighted by Gasteiger charge is 2.28. The van der Waals surface area contributed by atoms with Crippen LogP contribution in [0.25, 0.3) is 5.69 Å². The van der Waals surface area contributed by atoms with Gasteiger partial charge in [0.05, 0.1) is 10.3 Å². The summed E-state index contributed by atoms with van der Waals surface area (Å²) in [5, 5.41) is 26.7. The number of para-hydroxylation sites is 2. The van der Waals surface area contributed by atoms with Crippen LogP contribution in [-0.4, -0.2) is 38.2 Å². The number of aromatic nitrogens is 2. The molecule has 0 spiro atoms. The van der Waals surface area contributed by atoms with E-state index in [0.717, 1.165) is 10.7 Å². The van der Waals surface area contributed by atoms with Crippen LogP contribution in [0.1, 0.15) is 30.0 Å². The summed E-state index contributed by atoms with van der Waals surface area (Å²) in [7, 11) is 0. The third-order valence-corrected chi connectivity index (χ3v) is 3.90. The van der Waals surface area contributed by atoms with E-state index in [0.29, 0.717) is 5.69 Å². The summed E-state index contributed by atoms with van der Waals surface area (Å²) in [4.78, 5) is 46.3. The minimum Gasteiger partial charge on any atom is -0.481 e. The zero-order chi connectivity index (χ0) is 20.4. The molecule has 1 amide bonds. The topological polar surface area (TPSA) is 144 Å². The van der Waals surface area contributed by atoms with Crippen LogP contribution in [0.2, 0.25) is 0 Å². The number of nitro groups is 1. The molecule has 1 aromatic heterocycles. The second-order valence-electron chi connectivity index (χ2n) is 6.53. The number of rotatable bonds is 6. The van der Waals surface area contributed by atoms with Crippen LogP contribution in [-0.2, 0) is 4.79 Å². The number of aliphatic carboxylic acids is 1. The highest BCUT2D eigenvalue weighted by atomic mass is 16.6. The fourth-order valence-electron chi connectivity index (χ4n) is 2.21. The first-order valence-electron chi connectivity index (χ1n) is 7.91. The van der Waals surface area contributed by atoms with Crippen LogP contribution in [0, 0.1) is 22.5 Å². The molecule has 0 unspecified atom stereocenters. The van der Waals surface area contributed by atoms with Gasteiger partial charge in [0, 0.05) is 24.4 Å². The lowest BCUT2D eigenvalue weighted by atomic mass is 9.94. The number of hydrogen-bond acceptors (Lipinski definition) is 6. The highest BCUT2D eigenvalue weighted by molar-refractivity contribution is 5.92. The van der Waals surface area contributed by atoms with Gasteiger partial charge in [-0.2, -0.15) is 5.10 Å². The Kier molecular flexibility index (Phi) is 5.39. The smallest absolute Gasteiger partial charge is 0.310 e. The molecule has 0 atom stereocenters. The number of benzene rings is 1. The van der Waals surface area contributed by atoms with Gasteiger partial charge < -0.3 is 10.4 Å². The minimum atomic E-state index is -1.24. The average molecular weight is 374 g/mol. The van der Waals surface area contributed by atoms with E-state index >= 15 is 0 Å². The fraction of sp³-hybridized carbons (Fsp3) is 0.294. The molecule has 0 bridgehead atoms. The van der Waals surface area contributed by atoms with E-state index in [9.17, 15) is 24.5 Å². The van der Waals surface area contributed by atoms with Crippen molar-refractivity contribution < 1.29 is 19.6 Å². The van der Waals surface area contributed by atoms with Crippen LogP contribution in [0.5, 0.6) is 0 Å². The molecule has 2 aromatic rings. The lowest BCUT2D eigenvalue weighted by Crippen LogP contribution is -2.41. The fourth-order valence-corrected chi connectivity index (χ4v) is 2.21. The van der Waals surface area contributed by atoms with Gasteiger partial charge in [-0.05, 0) is 26.8 Å². The Morgan fingerprint density at radius 3 is 2.56 bits per heavy atom. The molecular weight excluding hydrogens is 356 g/mol. The number of nitrogens with zero attached hydrogens (tertiary/aromatic N) is 3. The first-order valence-corrected chi connectivity index (χ1v) is 7.91. The predicted octanol–water partition coefficient (Wildman–Crippen LogP) is 1.29. The van der Waals surface area contributed by atoms with E-state index in [-0.39, 0.29) is 17.9 Å². The Labute approximate surface area is 153 Å². The predicted molar refractivity (Wildman–Crippen MR) is 95.0 cm³/mol. The Bertz CT molecular complexity index is 980. The summed E-state index contributed by atoms with van der Waals surface area (Å²) in [5.74, 6) is -1.97. The van der Waals surface area contributed by atoms with E-state index in [1.54, 1.807) is 6.07 Å². The molecule has 142 valence electrons. The molecule has 2 rings (SSSR count). The number of carboxylic acids is 1. The van der Waals surface area contributed by atoms with E-state index < -0.39 is 33.3 Å². The standard InChI is InChI=1S/C17H18N4O6/c1-10-8-13(22)14(15(23)18-9-17(2,3)16(24)25)19-20(10)11-6-4-5-7-12(11)21(26)27/h4-8H,9H2,1-3H3,(H,18,23)(H,24,25). The van der Waals surface area contributed by atoms with Gasteiger partial charge in [0.1, 0.15) is 5.69 Å². The summed E-state index contributed by atoms with van der Waals surface area (Å²) in [6, 6.07) is 6.92. The van der Waals surface area contributed by atoms with E-state index in [1.807, 2.05) is 0 Å². The number of aryl methyl sites for hydroxylation is 1. The Morgan fingerprint density at radius 2 is 1.96 bits per heavy atom. The third-order valence-electron chi connectivity index (χ3n) is 3.90. The van der Waals surface area contributed by atoms with Crippen molar-refractivity contribution in [2.45, 2.75) is 20.8 Å². The molecule has 0 saturated heterocycles. The summed E-state index contributed by atoms with van der Waals surface area (Å²) in [5.41, 5.74) is -2.24. The monoisotopic (exact) mass is 374 g/mol. The second-order valence-corrected chi connectivity index (χ2v) is 6.53. The highest BCUT2D eigenvalue weighted by Crippen LogP contribution is 2.22. The minimum absolute atomic E-state index is 0.0971. The summed E-state index contributed by atoms with van der Waals surface area (Å²) >= 11 is 0. The first kappa shape index (κ1) is 19.8. The van der Waals surface area contributed by atoms with E-state index in [2.05, 4.69) is 10.4 Å². The van der Waals surface area contributed by atoms with Gasteiger partial charge in [0.2, 0.25) is 5.43 Å². The zero-order valence-corrected chi connectivity index (χ0v) is 14.9. The van der Waals surface area contributed by atoms with Crippen LogP contribution >= 0.6 is 0 Å². The SMILES string of the molecule is Cc1cc(=O)c(C(=O)NCC(C)(C)C(=O)O)nn1-c1ccccc1[N+](=O)[O-]. The van der Waals surface area contributed by atoms with Crippen molar-refractivity contribution in [3.05, 3.63) is 62.1 Å². The number of carboxylic acid groups (broad SMARTS) is 1. The van der Waals surface area contributed by atoms with Crippen LogP contribution in [0.4, 0.5) is 5.69 Å². The van der Waals surface area contributed by atoms with Crippen molar-refractivity contribution in [2.24, 2.45) is 5.41 Å². The molecule has 0 radical (unpaired) electrons. The number of nitrogens with one attached hydrogen (secondary N) is 1. The molecule has 1 heterocycles. The number of carbonyl (C=O) groups is 2. The van der Waals surface area contributed by atoms with E-state index in [1.165, 1.54) is 39.0 Å². The lowest BCUT2D eigenvalue weighted by Gasteiger charge is -2.19. The lowest BCUT2D eigenvalue weighted by molar-refractivity contribution is -0.384.